The van der Waals surface area contributed by atoms with E-state index in [1.54, 1.807) is 0 Å². The average molecular weight is 210 g/mol. The van der Waals surface area contributed by atoms with Crippen LogP contribution in [-0.2, 0) is 4.79 Å². The molecule has 3 nitrogen and oxygen atoms in total. The molecule has 1 unspecified atom stereocenters. The fraction of sp³-hybridized carbons (Fsp3) is 0.917. The summed E-state index contributed by atoms with van der Waals surface area (Å²) < 4.78 is 0. The average Bonchev–Trinajstić information content (AvgIpc) is 2.87. The summed E-state index contributed by atoms with van der Waals surface area (Å²) in [5.41, 5.74) is -0.0252. The maximum Gasteiger partial charge on any atom is 0.226 e. The number of amides is 1. The van der Waals surface area contributed by atoms with Gasteiger partial charge in [0.25, 0.3) is 0 Å². The topological polar surface area (TPSA) is 41.1 Å². The van der Waals surface area contributed by atoms with Gasteiger partial charge < -0.3 is 10.6 Å². The molecule has 1 saturated carbocycles. The fourth-order valence-electron chi connectivity index (χ4n) is 2.91. The van der Waals surface area contributed by atoms with Gasteiger partial charge in [-0.1, -0.05) is 19.8 Å². The van der Waals surface area contributed by atoms with Crippen LogP contribution in [0.1, 0.15) is 45.4 Å². The molecule has 15 heavy (non-hydrogen) atoms. The van der Waals surface area contributed by atoms with Crippen LogP contribution in [0.5, 0.6) is 0 Å². The van der Waals surface area contributed by atoms with Crippen molar-refractivity contribution in [3.63, 3.8) is 0 Å². The van der Waals surface area contributed by atoms with Gasteiger partial charge in [0.05, 0.1) is 0 Å². The lowest BCUT2D eigenvalue weighted by molar-refractivity contribution is -0.131. The van der Waals surface area contributed by atoms with Crippen LogP contribution >= 0.6 is 0 Å². The van der Waals surface area contributed by atoms with E-state index in [-0.39, 0.29) is 5.41 Å². The lowest BCUT2D eigenvalue weighted by Crippen LogP contribution is -2.45. The Labute approximate surface area is 92.0 Å². The zero-order valence-corrected chi connectivity index (χ0v) is 9.64. The Hall–Kier alpha value is -0.570. The van der Waals surface area contributed by atoms with Gasteiger partial charge in [0, 0.05) is 18.0 Å². The SMILES string of the molecule is CCC1(C(=O)NC2CCNC2)CCCC1. The molecule has 0 aromatic carbocycles. The molecule has 0 spiro atoms. The smallest absolute Gasteiger partial charge is 0.226 e. The first-order valence-corrected chi connectivity index (χ1v) is 6.28. The van der Waals surface area contributed by atoms with Crippen LogP contribution in [0.15, 0.2) is 0 Å². The van der Waals surface area contributed by atoms with Gasteiger partial charge >= 0.3 is 0 Å². The van der Waals surface area contributed by atoms with Crippen LogP contribution in [0.2, 0.25) is 0 Å². The molecule has 0 radical (unpaired) electrons. The Kier molecular flexibility index (Phi) is 3.29. The van der Waals surface area contributed by atoms with E-state index in [1.165, 1.54) is 12.8 Å². The van der Waals surface area contributed by atoms with E-state index < -0.39 is 0 Å². The van der Waals surface area contributed by atoms with Crippen molar-refractivity contribution >= 4 is 5.91 Å². The molecule has 2 aliphatic rings. The zero-order chi connectivity index (χ0) is 10.7. The molecule has 2 rings (SSSR count). The van der Waals surface area contributed by atoms with Gasteiger partial charge in [-0.3, -0.25) is 4.79 Å². The maximum atomic E-state index is 12.2. The number of hydrogen-bond donors (Lipinski definition) is 2. The molecule has 3 heteroatoms. The third-order valence-electron chi connectivity index (χ3n) is 4.11. The summed E-state index contributed by atoms with van der Waals surface area (Å²) in [6, 6.07) is 0.376. The highest BCUT2D eigenvalue weighted by molar-refractivity contribution is 5.83. The number of nitrogens with one attached hydrogen (secondary N) is 2. The minimum absolute atomic E-state index is 0.0252. The van der Waals surface area contributed by atoms with Crippen LogP contribution in [0.3, 0.4) is 0 Å². The number of hydrogen-bond acceptors (Lipinski definition) is 2. The van der Waals surface area contributed by atoms with Crippen LogP contribution in [0.25, 0.3) is 0 Å². The summed E-state index contributed by atoms with van der Waals surface area (Å²) in [7, 11) is 0. The summed E-state index contributed by atoms with van der Waals surface area (Å²) in [5.74, 6) is 0.316. The summed E-state index contributed by atoms with van der Waals surface area (Å²) in [5, 5.41) is 6.50. The molecular weight excluding hydrogens is 188 g/mol. The van der Waals surface area contributed by atoms with Gasteiger partial charge in [-0.2, -0.15) is 0 Å². The summed E-state index contributed by atoms with van der Waals surface area (Å²) >= 11 is 0. The molecule has 86 valence electrons. The highest BCUT2D eigenvalue weighted by Gasteiger charge is 2.40. The van der Waals surface area contributed by atoms with Gasteiger partial charge in [-0.15, -0.1) is 0 Å². The highest BCUT2D eigenvalue weighted by atomic mass is 16.2. The standard InChI is InChI=1S/C12H22N2O/c1-2-12(6-3-4-7-12)11(15)14-10-5-8-13-9-10/h10,13H,2-9H2,1H3,(H,14,15). The second-order valence-electron chi connectivity index (χ2n) is 5.00. The lowest BCUT2D eigenvalue weighted by Gasteiger charge is -2.27. The minimum atomic E-state index is -0.0252. The zero-order valence-electron chi connectivity index (χ0n) is 9.64. The molecule has 1 atom stereocenters. The normalized spacial score (nSPS) is 29.3. The van der Waals surface area contributed by atoms with E-state index in [4.69, 9.17) is 0 Å². The van der Waals surface area contributed by atoms with E-state index in [1.807, 2.05) is 0 Å². The van der Waals surface area contributed by atoms with E-state index >= 15 is 0 Å². The second-order valence-corrected chi connectivity index (χ2v) is 5.00. The molecule has 1 aliphatic carbocycles. The number of rotatable bonds is 3. The molecule has 0 bridgehead atoms. The summed E-state index contributed by atoms with van der Waals surface area (Å²) in [6.07, 6.45) is 6.73. The Morgan fingerprint density at radius 2 is 2.20 bits per heavy atom. The van der Waals surface area contributed by atoms with Gasteiger partial charge in [0.15, 0.2) is 0 Å². The third-order valence-corrected chi connectivity index (χ3v) is 4.11. The van der Waals surface area contributed by atoms with Crippen molar-refractivity contribution in [1.29, 1.82) is 0 Å². The van der Waals surface area contributed by atoms with Crippen LogP contribution < -0.4 is 10.6 Å². The predicted octanol–water partition coefficient (Wildman–Crippen LogP) is 1.43. The lowest BCUT2D eigenvalue weighted by atomic mass is 9.82. The van der Waals surface area contributed by atoms with Crippen molar-refractivity contribution in [2.45, 2.75) is 51.5 Å². The quantitative estimate of drug-likeness (QED) is 0.740. The van der Waals surface area contributed by atoms with Crippen molar-refractivity contribution in [3.8, 4) is 0 Å². The van der Waals surface area contributed by atoms with Gasteiger partial charge in [-0.25, -0.2) is 0 Å². The van der Waals surface area contributed by atoms with Crippen molar-refractivity contribution in [2.75, 3.05) is 13.1 Å². The van der Waals surface area contributed by atoms with Crippen molar-refractivity contribution in [3.05, 3.63) is 0 Å². The van der Waals surface area contributed by atoms with Gasteiger partial charge in [0.1, 0.15) is 0 Å². The fourth-order valence-corrected chi connectivity index (χ4v) is 2.91. The van der Waals surface area contributed by atoms with E-state index in [0.717, 1.165) is 38.8 Å². The third kappa shape index (κ3) is 2.17. The first-order chi connectivity index (χ1) is 7.27. The largest absolute Gasteiger partial charge is 0.352 e. The van der Waals surface area contributed by atoms with Crippen LogP contribution in [-0.4, -0.2) is 25.0 Å². The predicted molar refractivity (Wildman–Crippen MR) is 60.6 cm³/mol. The molecule has 0 aromatic heterocycles. The van der Waals surface area contributed by atoms with Crippen LogP contribution in [0.4, 0.5) is 0 Å². The van der Waals surface area contributed by atoms with E-state index in [0.29, 0.717) is 11.9 Å². The van der Waals surface area contributed by atoms with Crippen molar-refractivity contribution in [2.24, 2.45) is 5.41 Å². The van der Waals surface area contributed by atoms with Crippen LogP contribution in [0, 0.1) is 5.41 Å². The molecule has 1 amide bonds. The second kappa shape index (κ2) is 4.52. The Morgan fingerprint density at radius 1 is 1.47 bits per heavy atom. The maximum absolute atomic E-state index is 12.2. The first-order valence-electron chi connectivity index (χ1n) is 6.28. The van der Waals surface area contributed by atoms with Crippen molar-refractivity contribution in [1.82, 2.24) is 10.6 Å². The first kappa shape index (κ1) is 10.9. The molecule has 2 N–H and O–H groups in total. The number of carbonyl (C=O) groups excluding carboxylic acids is 1. The molecule has 2 fully saturated rings. The molecule has 0 aromatic rings. The Morgan fingerprint density at radius 3 is 2.73 bits per heavy atom. The summed E-state index contributed by atoms with van der Waals surface area (Å²) in [4.78, 5) is 12.2. The van der Waals surface area contributed by atoms with Gasteiger partial charge in [0.2, 0.25) is 5.91 Å². The Balaban J connectivity index is 1.92. The van der Waals surface area contributed by atoms with E-state index in [2.05, 4.69) is 17.6 Å². The van der Waals surface area contributed by atoms with Crippen molar-refractivity contribution < 1.29 is 4.79 Å². The molecule has 1 saturated heterocycles. The minimum Gasteiger partial charge on any atom is -0.352 e. The molecular formula is C12H22N2O. The Bertz CT molecular complexity index is 228. The highest BCUT2D eigenvalue weighted by Crippen LogP contribution is 2.41. The summed E-state index contributed by atoms with van der Waals surface area (Å²) in [6.45, 7) is 4.15. The van der Waals surface area contributed by atoms with Gasteiger partial charge in [-0.05, 0) is 32.2 Å². The monoisotopic (exact) mass is 210 g/mol. The van der Waals surface area contributed by atoms with E-state index in [9.17, 15) is 4.79 Å². The number of carbonyl (C=O) groups is 1. The molecule has 1 heterocycles. The molecule has 1 aliphatic heterocycles.